The average molecular weight is 291 g/mol. The molecule has 0 spiro atoms. The Kier molecular flexibility index (Phi) is 3.93. The van der Waals surface area contributed by atoms with Crippen LogP contribution in [0.5, 0.6) is 0 Å². The van der Waals surface area contributed by atoms with Gasteiger partial charge in [-0.15, -0.1) is 0 Å². The van der Waals surface area contributed by atoms with Crippen LogP contribution in [-0.4, -0.2) is 57.9 Å². The molecule has 100 valence electrons. The molecule has 7 nitrogen and oxygen atoms in total. The van der Waals surface area contributed by atoms with Gasteiger partial charge in [0.15, 0.2) is 5.03 Å². The first kappa shape index (κ1) is 13.4. The van der Waals surface area contributed by atoms with E-state index in [1.54, 1.807) is 11.8 Å². The van der Waals surface area contributed by atoms with Crippen LogP contribution in [0, 0.1) is 0 Å². The predicted octanol–water partition coefficient (Wildman–Crippen LogP) is -0.00950. The lowest BCUT2D eigenvalue weighted by molar-refractivity contribution is -0.137. The van der Waals surface area contributed by atoms with Gasteiger partial charge in [0.1, 0.15) is 0 Å². The van der Waals surface area contributed by atoms with E-state index >= 15 is 0 Å². The molecule has 1 fully saturated rings. The maximum Gasteiger partial charge on any atom is 0.305 e. The molecular weight excluding hydrogens is 278 g/mol. The smallest absolute Gasteiger partial charge is 0.305 e. The van der Waals surface area contributed by atoms with E-state index in [4.69, 9.17) is 5.11 Å². The van der Waals surface area contributed by atoms with Crippen molar-refractivity contribution in [3.05, 3.63) is 12.5 Å². The molecule has 1 atom stereocenters. The highest BCUT2D eigenvalue weighted by Crippen LogP contribution is 2.25. The summed E-state index contributed by atoms with van der Waals surface area (Å²) in [6.07, 6.45) is 2.34. The van der Waals surface area contributed by atoms with Gasteiger partial charge in [-0.25, -0.2) is 13.4 Å². The number of hydrogen-bond acceptors (Lipinski definition) is 5. The van der Waals surface area contributed by atoms with E-state index in [1.165, 1.54) is 16.8 Å². The van der Waals surface area contributed by atoms with Gasteiger partial charge in [-0.3, -0.25) is 4.79 Å². The Morgan fingerprint density at radius 3 is 3.06 bits per heavy atom. The number of sulfonamides is 1. The SMILES string of the molecule is O=C(O)CC1CSCCN1S(=O)(=O)c1cnc[nH]1. The molecule has 18 heavy (non-hydrogen) atoms. The number of thioether (sulfide) groups is 1. The fraction of sp³-hybridized carbons (Fsp3) is 0.556. The summed E-state index contributed by atoms with van der Waals surface area (Å²) in [5.74, 6) is 0.177. The van der Waals surface area contributed by atoms with E-state index in [9.17, 15) is 13.2 Å². The van der Waals surface area contributed by atoms with Gasteiger partial charge < -0.3 is 10.1 Å². The first-order valence-corrected chi connectivity index (χ1v) is 7.91. The Morgan fingerprint density at radius 1 is 1.67 bits per heavy atom. The Balaban J connectivity index is 2.26. The molecule has 1 unspecified atom stereocenters. The zero-order valence-corrected chi connectivity index (χ0v) is 11.1. The maximum atomic E-state index is 12.3. The molecule has 0 amide bonds. The van der Waals surface area contributed by atoms with Crippen LogP contribution < -0.4 is 0 Å². The molecular formula is C9H13N3O4S2. The van der Waals surface area contributed by atoms with Crippen LogP contribution in [0.1, 0.15) is 6.42 Å². The fourth-order valence-electron chi connectivity index (χ4n) is 1.83. The van der Waals surface area contributed by atoms with Crippen molar-refractivity contribution in [3.8, 4) is 0 Å². The lowest BCUT2D eigenvalue weighted by Crippen LogP contribution is -2.47. The number of rotatable bonds is 4. The third-order valence-corrected chi connectivity index (χ3v) is 5.61. The second-order valence-corrected chi connectivity index (χ2v) is 6.87. The summed E-state index contributed by atoms with van der Waals surface area (Å²) in [5.41, 5.74) is 0. The van der Waals surface area contributed by atoms with Gasteiger partial charge in [0.05, 0.1) is 18.9 Å². The minimum absolute atomic E-state index is 0.00443. The fourth-order valence-corrected chi connectivity index (χ4v) is 4.62. The number of aromatic amines is 1. The Hall–Kier alpha value is -1.06. The van der Waals surface area contributed by atoms with Crippen molar-refractivity contribution in [1.29, 1.82) is 0 Å². The molecule has 1 aromatic rings. The van der Waals surface area contributed by atoms with Crippen LogP contribution >= 0.6 is 11.8 Å². The van der Waals surface area contributed by atoms with Crippen LogP contribution in [0.15, 0.2) is 17.6 Å². The second-order valence-electron chi connectivity index (χ2n) is 3.86. The lowest BCUT2D eigenvalue weighted by Gasteiger charge is -2.32. The zero-order valence-electron chi connectivity index (χ0n) is 9.44. The summed E-state index contributed by atoms with van der Waals surface area (Å²) in [4.78, 5) is 17.0. The van der Waals surface area contributed by atoms with E-state index in [0.717, 1.165) is 0 Å². The monoisotopic (exact) mass is 291 g/mol. The van der Waals surface area contributed by atoms with E-state index in [0.29, 0.717) is 18.1 Å². The number of H-pyrrole nitrogens is 1. The third kappa shape index (κ3) is 2.68. The normalized spacial score (nSPS) is 21.9. The summed E-state index contributed by atoms with van der Waals surface area (Å²) >= 11 is 1.57. The maximum absolute atomic E-state index is 12.3. The van der Waals surface area contributed by atoms with E-state index in [1.807, 2.05) is 0 Å². The summed E-state index contributed by atoms with van der Waals surface area (Å²) in [5, 5.41) is 8.83. The van der Waals surface area contributed by atoms with Crippen LogP contribution in [0.4, 0.5) is 0 Å². The first-order valence-electron chi connectivity index (χ1n) is 5.31. The van der Waals surface area contributed by atoms with Crippen molar-refractivity contribution < 1.29 is 18.3 Å². The number of nitrogens with zero attached hydrogens (tertiary/aromatic N) is 2. The number of imidazole rings is 1. The third-order valence-electron chi connectivity index (χ3n) is 2.64. The lowest BCUT2D eigenvalue weighted by atomic mass is 10.2. The molecule has 0 aromatic carbocycles. The van der Waals surface area contributed by atoms with Crippen LogP contribution in [0.25, 0.3) is 0 Å². The summed E-state index contributed by atoms with van der Waals surface area (Å²) in [6.45, 7) is 0.323. The number of nitrogens with one attached hydrogen (secondary N) is 1. The number of carboxylic acids is 1. The van der Waals surface area contributed by atoms with Gasteiger partial charge in [-0.1, -0.05) is 0 Å². The average Bonchev–Trinajstić information content (AvgIpc) is 2.82. The number of hydrogen-bond donors (Lipinski definition) is 2. The van der Waals surface area contributed by atoms with Crippen molar-refractivity contribution in [2.45, 2.75) is 17.5 Å². The van der Waals surface area contributed by atoms with Gasteiger partial charge in [-0.05, 0) is 0 Å². The van der Waals surface area contributed by atoms with Crippen LogP contribution in [-0.2, 0) is 14.8 Å². The number of carbonyl (C=O) groups is 1. The highest BCUT2D eigenvalue weighted by molar-refractivity contribution is 7.99. The van der Waals surface area contributed by atoms with Gasteiger partial charge in [0.2, 0.25) is 0 Å². The van der Waals surface area contributed by atoms with E-state index in [-0.39, 0.29) is 11.4 Å². The molecule has 2 rings (SSSR count). The largest absolute Gasteiger partial charge is 0.481 e. The van der Waals surface area contributed by atoms with Gasteiger partial charge in [-0.2, -0.15) is 16.1 Å². The first-order chi connectivity index (χ1) is 8.51. The van der Waals surface area contributed by atoms with Crippen molar-refractivity contribution in [2.24, 2.45) is 0 Å². The van der Waals surface area contributed by atoms with Crippen molar-refractivity contribution >= 4 is 27.8 Å². The predicted molar refractivity (Wildman–Crippen MR) is 65.8 cm³/mol. The number of aliphatic carboxylic acids is 1. The Labute approximate surface area is 109 Å². The van der Waals surface area contributed by atoms with Crippen molar-refractivity contribution in [2.75, 3.05) is 18.1 Å². The zero-order chi connectivity index (χ0) is 13.2. The van der Waals surface area contributed by atoms with Crippen molar-refractivity contribution in [3.63, 3.8) is 0 Å². The highest BCUT2D eigenvalue weighted by atomic mass is 32.2. The van der Waals surface area contributed by atoms with Crippen LogP contribution in [0.3, 0.4) is 0 Å². The quantitative estimate of drug-likeness (QED) is 0.808. The summed E-state index contributed by atoms with van der Waals surface area (Å²) in [7, 11) is -3.67. The molecule has 0 bridgehead atoms. The minimum atomic E-state index is -3.67. The number of aromatic nitrogens is 2. The summed E-state index contributed by atoms with van der Waals surface area (Å²) in [6, 6.07) is -0.505. The minimum Gasteiger partial charge on any atom is -0.481 e. The van der Waals surface area contributed by atoms with E-state index in [2.05, 4.69) is 9.97 Å². The molecule has 2 heterocycles. The molecule has 0 radical (unpaired) electrons. The number of carboxylic acid groups (broad SMARTS) is 1. The van der Waals surface area contributed by atoms with Gasteiger partial charge in [0.25, 0.3) is 10.0 Å². The highest BCUT2D eigenvalue weighted by Gasteiger charge is 2.35. The van der Waals surface area contributed by atoms with Crippen molar-refractivity contribution in [1.82, 2.24) is 14.3 Å². The molecule has 0 aliphatic carbocycles. The summed E-state index contributed by atoms with van der Waals surface area (Å²) < 4.78 is 25.8. The Bertz CT molecular complexity index is 514. The van der Waals surface area contributed by atoms with Gasteiger partial charge in [0, 0.05) is 24.1 Å². The standard InChI is InChI=1S/C9H13N3O4S2/c13-9(14)3-7-5-17-2-1-12(7)18(15,16)8-4-10-6-11-8/h4,6-7H,1-3,5H2,(H,10,11)(H,13,14). The van der Waals surface area contributed by atoms with E-state index < -0.39 is 22.0 Å². The van der Waals surface area contributed by atoms with Gasteiger partial charge >= 0.3 is 5.97 Å². The molecule has 1 aliphatic rings. The molecule has 1 aliphatic heterocycles. The molecule has 0 saturated carbocycles. The molecule has 2 N–H and O–H groups in total. The van der Waals surface area contributed by atoms with Crippen LogP contribution in [0.2, 0.25) is 0 Å². The topological polar surface area (TPSA) is 103 Å². The molecule has 1 saturated heterocycles. The molecule has 1 aromatic heterocycles. The second kappa shape index (κ2) is 5.29. The molecule has 9 heteroatoms. The Morgan fingerprint density at radius 2 is 2.44 bits per heavy atom.